The predicted octanol–water partition coefficient (Wildman–Crippen LogP) is 1.12. The van der Waals surface area contributed by atoms with Crippen molar-refractivity contribution in [3.8, 4) is 0 Å². The molecule has 0 amide bonds. The maximum absolute atomic E-state index is 13.2. The van der Waals surface area contributed by atoms with Crippen molar-refractivity contribution >= 4 is 23.1 Å². The fourth-order valence-corrected chi connectivity index (χ4v) is 1.91. The number of amidine groups is 1. The predicted molar refractivity (Wildman–Crippen MR) is 73.7 cm³/mol. The van der Waals surface area contributed by atoms with Crippen LogP contribution in [0.5, 0.6) is 0 Å². The van der Waals surface area contributed by atoms with Gasteiger partial charge in [-0.25, -0.2) is 14.1 Å². The number of hydrogen-bond donors (Lipinski definition) is 2. The molecule has 23 heavy (non-hydrogen) atoms. The van der Waals surface area contributed by atoms with Gasteiger partial charge in [0.15, 0.2) is 17.9 Å². The summed E-state index contributed by atoms with van der Waals surface area (Å²) in [4.78, 5) is 1.20. The molecule has 0 fully saturated rings. The smallest absolute Gasteiger partial charge is 0.182 e. The van der Waals surface area contributed by atoms with E-state index < -0.39 is 11.7 Å². The Morgan fingerprint density at radius 3 is 2.96 bits per heavy atom. The van der Waals surface area contributed by atoms with Crippen molar-refractivity contribution in [2.45, 2.75) is 6.54 Å². The normalized spacial score (nSPS) is 10.7. The minimum absolute atomic E-state index is 0.0368. The first kappa shape index (κ1) is 15.0. The second-order valence-electron chi connectivity index (χ2n) is 4.28. The second-order valence-corrected chi connectivity index (χ2v) is 4.69. The largest absolute Gasteiger partial charge is 0.282 e. The van der Waals surface area contributed by atoms with Gasteiger partial charge >= 0.3 is 0 Å². The summed E-state index contributed by atoms with van der Waals surface area (Å²) in [5.41, 5.74) is 0.250. The quantitative estimate of drug-likeness (QED) is 0.411. The molecule has 0 atom stereocenters. The lowest BCUT2D eigenvalue weighted by molar-refractivity contribution is 0.297. The van der Waals surface area contributed by atoms with Gasteiger partial charge in [-0.1, -0.05) is 16.8 Å². The van der Waals surface area contributed by atoms with Crippen LogP contribution in [-0.4, -0.2) is 41.6 Å². The van der Waals surface area contributed by atoms with Crippen molar-refractivity contribution in [1.29, 1.82) is 5.41 Å². The molecule has 118 valence electrons. The molecule has 3 rings (SSSR count). The summed E-state index contributed by atoms with van der Waals surface area (Å²) in [5.74, 6) is -1.08. The molecule has 0 aliphatic rings. The van der Waals surface area contributed by atoms with E-state index in [0.717, 1.165) is 12.1 Å². The van der Waals surface area contributed by atoms with Crippen LogP contribution in [0.25, 0.3) is 0 Å². The van der Waals surface area contributed by atoms with E-state index in [-0.39, 0.29) is 28.6 Å². The highest BCUT2D eigenvalue weighted by atomic mass is 35.5. The van der Waals surface area contributed by atoms with Crippen molar-refractivity contribution in [2.24, 2.45) is 0 Å². The van der Waals surface area contributed by atoms with Crippen LogP contribution in [0.1, 0.15) is 11.4 Å². The molecule has 0 aliphatic heterocycles. The highest BCUT2D eigenvalue weighted by Crippen LogP contribution is 2.23. The lowest BCUT2D eigenvalue weighted by atomic mass is 10.2. The number of benzene rings is 1. The lowest BCUT2D eigenvalue weighted by Crippen LogP contribution is -2.28. The number of anilines is 1. The van der Waals surface area contributed by atoms with E-state index in [1.165, 1.54) is 17.2 Å². The van der Waals surface area contributed by atoms with Crippen molar-refractivity contribution < 1.29 is 14.2 Å². The second kappa shape index (κ2) is 6.06. The maximum atomic E-state index is 13.2. The molecule has 10 nitrogen and oxygen atoms in total. The van der Waals surface area contributed by atoms with Crippen LogP contribution < -0.4 is 5.06 Å². The molecule has 1 aromatic carbocycles. The van der Waals surface area contributed by atoms with E-state index in [4.69, 9.17) is 17.0 Å². The molecule has 3 aromatic rings. The van der Waals surface area contributed by atoms with Crippen molar-refractivity contribution in [3.63, 3.8) is 0 Å². The molecule has 2 heterocycles. The molecule has 0 bridgehead atoms. The number of halogens is 2. The standard InChI is InChI=1S/C11H8ClFN8O2/c12-7-3-6(1-2-8(7)13)21(22)11(14)10-9(17-23-18-10)4-20-16-5-15-19-20/h1-3,5,14,22H,4H2. The van der Waals surface area contributed by atoms with Crippen LogP contribution in [0.4, 0.5) is 10.1 Å². The van der Waals surface area contributed by atoms with Gasteiger partial charge in [0.1, 0.15) is 18.1 Å². The molecule has 0 radical (unpaired) electrons. The van der Waals surface area contributed by atoms with Crippen LogP contribution in [-0.2, 0) is 6.54 Å². The molecule has 0 spiro atoms. The van der Waals surface area contributed by atoms with Crippen molar-refractivity contribution in [1.82, 2.24) is 30.5 Å². The number of rotatable bonds is 4. The third-order valence-electron chi connectivity index (χ3n) is 2.82. The van der Waals surface area contributed by atoms with Gasteiger partial charge in [-0.15, -0.1) is 10.2 Å². The molecule has 2 aromatic heterocycles. The topological polar surface area (TPSA) is 130 Å². The van der Waals surface area contributed by atoms with Gasteiger partial charge in [0.2, 0.25) is 0 Å². The Hall–Kier alpha value is -2.92. The summed E-state index contributed by atoms with van der Waals surface area (Å²) in [6, 6.07) is 3.48. The average Bonchev–Trinajstić information content (AvgIpc) is 3.21. The molecule has 2 N–H and O–H groups in total. The maximum Gasteiger partial charge on any atom is 0.182 e. The van der Waals surface area contributed by atoms with E-state index in [9.17, 15) is 9.60 Å². The first-order valence-corrected chi connectivity index (χ1v) is 6.49. The SMILES string of the molecule is N=C(c1nonc1Cn1ncnn1)N(O)c1ccc(F)c(Cl)c1. The zero-order valence-corrected chi connectivity index (χ0v) is 12.0. The Bertz CT molecular complexity index is 836. The fourth-order valence-electron chi connectivity index (χ4n) is 1.73. The zero-order chi connectivity index (χ0) is 16.4. The Morgan fingerprint density at radius 1 is 1.43 bits per heavy atom. The van der Waals surface area contributed by atoms with E-state index in [2.05, 4.69) is 30.4 Å². The van der Waals surface area contributed by atoms with E-state index in [0.29, 0.717) is 5.06 Å². The number of nitrogens with one attached hydrogen (secondary N) is 1. The van der Waals surface area contributed by atoms with Crippen LogP contribution in [0.2, 0.25) is 5.02 Å². The van der Waals surface area contributed by atoms with Crippen molar-refractivity contribution in [3.05, 3.63) is 46.8 Å². The summed E-state index contributed by atoms with van der Waals surface area (Å²) < 4.78 is 17.8. The van der Waals surface area contributed by atoms with Gasteiger partial charge < -0.3 is 0 Å². The number of hydroxylamine groups is 1. The van der Waals surface area contributed by atoms with Crippen LogP contribution in [0, 0.1) is 11.2 Å². The van der Waals surface area contributed by atoms with Crippen molar-refractivity contribution in [2.75, 3.05) is 5.06 Å². The highest BCUT2D eigenvalue weighted by Gasteiger charge is 2.22. The lowest BCUT2D eigenvalue weighted by Gasteiger charge is -2.16. The Morgan fingerprint density at radius 2 is 2.26 bits per heavy atom. The summed E-state index contributed by atoms with van der Waals surface area (Å²) in [6.07, 6.45) is 1.23. The van der Waals surface area contributed by atoms with Gasteiger partial charge in [-0.2, -0.15) is 4.80 Å². The number of hydrogen-bond acceptors (Lipinski definition) is 8. The number of tetrazole rings is 1. The van der Waals surface area contributed by atoms with Gasteiger partial charge in [-0.05, 0) is 28.6 Å². The van der Waals surface area contributed by atoms with Crippen LogP contribution in [0.15, 0.2) is 29.2 Å². The first-order valence-electron chi connectivity index (χ1n) is 6.11. The summed E-state index contributed by atoms with van der Waals surface area (Å²) in [6.45, 7) is 0.0409. The first-order chi connectivity index (χ1) is 11.1. The molecule has 0 saturated heterocycles. The summed E-state index contributed by atoms with van der Waals surface area (Å²) in [5, 5.41) is 36.6. The van der Waals surface area contributed by atoms with E-state index >= 15 is 0 Å². The average molecular weight is 339 g/mol. The summed E-state index contributed by atoms with van der Waals surface area (Å²) in [7, 11) is 0. The Balaban J connectivity index is 1.85. The minimum Gasteiger partial charge on any atom is -0.282 e. The fraction of sp³-hybridized carbons (Fsp3) is 0.0909. The zero-order valence-electron chi connectivity index (χ0n) is 11.3. The molecule has 0 saturated carbocycles. The van der Waals surface area contributed by atoms with Gasteiger partial charge in [0.05, 0.1) is 10.7 Å². The Labute approximate surface area is 132 Å². The third-order valence-corrected chi connectivity index (χ3v) is 3.11. The monoisotopic (exact) mass is 338 g/mol. The molecular formula is C11H8ClFN8O2. The van der Waals surface area contributed by atoms with E-state index in [1.54, 1.807) is 0 Å². The molecule has 0 aliphatic carbocycles. The highest BCUT2D eigenvalue weighted by molar-refractivity contribution is 6.31. The number of nitrogens with zero attached hydrogens (tertiary/aromatic N) is 7. The molecule has 0 unspecified atom stereocenters. The summed E-state index contributed by atoms with van der Waals surface area (Å²) >= 11 is 5.66. The van der Waals surface area contributed by atoms with Crippen LogP contribution >= 0.6 is 11.6 Å². The van der Waals surface area contributed by atoms with Crippen LogP contribution in [0.3, 0.4) is 0 Å². The van der Waals surface area contributed by atoms with Gasteiger partial charge in [-0.3, -0.25) is 10.6 Å². The number of aromatic nitrogens is 6. The molecule has 12 heteroatoms. The van der Waals surface area contributed by atoms with Gasteiger partial charge in [0, 0.05) is 0 Å². The third kappa shape index (κ3) is 3.00. The van der Waals surface area contributed by atoms with E-state index in [1.807, 2.05) is 0 Å². The Kier molecular flexibility index (Phi) is 3.95. The van der Waals surface area contributed by atoms with Gasteiger partial charge in [0.25, 0.3) is 0 Å². The minimum atomic E-state index is -0.642. The molecular weight excluding hydrogens is 331 g/mol.